The highest BCUT2D eigenvalue weighted by Crippen LogP contribution is 2.38. The summed E-state index contributed by atoms with van der Waals surface area (Å²) >= 11 is 0. The van der Waals surface area contributed by atoms with E-state index in [1.807, 2.05) is 6.92 Å². The summed E-state index contributed by atoms with van der Waals surface area (Å²) in [5, 5.41) is 3.03. The monoisotopic (exact) mass is 497 g/mol. The Morgan fingerprint density at radius 1 is 1.11 bits per heavy atom. The van der Waals surface area contributed by atoms with Crippen LogP contribution in [-0.4, -0.2) is 60.5 Å². The van der Waals surface area contributed by atoms with Gasteiger partial charge in [0, 0.05) is 18.7 Å². The molecule has 1 unspecified atom stereocenters. The van der Waals surface area contributed by atoms with Crippen molar-refractivity contribution in [2.75, 3.05) is 25.0 Å². The van der Waals surface area contributed by atoms with Crippen LogP contribution in [0.3, 0.4) is 0 Å². The number of hydrogen-bond donors (Lipinski definition) is 1. The third-order valence-corrected chi connectivity index (χ3v) is 6.74. The molecule has 35 heavy (non-hydrogen) atoms. The Hall–Kier alpha value is -2.62. The molecule has 2 heterocycles. The van der Waals surface area contributed by atoms with Crippen molar-refractivity contribution in [3.63, 3.8) is 0 Å². The lowest BCUT2D eigenvalue weighted by Gasteiger charge is -2.40. The Morgan fingerprint density at radius 2 is 1.77 bits per heavy atom. The maximum atomic E-state index is 13.7. The van der Waals surface area contributed by atoms with Crippen molar-refractivity contribution in [1.29, 1.82) is 0 Å². The minimum Gasteiger partial charge on any atom is -0.459 e. The maximum Gasteiger partial charge on any atom is 0.416 e. The summed E-state index contributed by atoms with van der Waals surface area (Å²) in [6.45, 7) is 8.85. The molecule has 4 atom stereocenters. The van der Waals surface area contributed by atoms with E-state index in [-0.39, 0.29) is 29.9 Å². The molecule has 0 bridgehead atoms. The number of nitrogens with zero attached hydrogens (tertiary/aromatic N) is 2. The van der Waals surface area contributed by atoms with Gasteiger partial charge in [0.15, 0.2) is 0 Å². The highest BCUT2D eigenvalue weighted by molar-refractivity contribution is 6.05. The van der Waals surface area contributed by atoms with E-state index < -0.39 is 47.8 Å². The first kappa shape index (κ1) is 27.0. The predicted octanol–water partition coefficient (Wildman–Crippen LogP) is 3.40. The summed E-state index contributed by atoms with van der Waals surface area (Å²) in [5.41, 5.74) is -1.27. The molecule has 7 nitrogen and oxygen atoms in total. The zero-order chi connectivity index (χ0) is 26.3. The van der Waals surface area contributed by atoms with Crippen LogP contribution in [-0.2, 0) is 31.7 Å². The van der Waals surface area contributed by atoms with Gasteiger partial charge in [-0.05, 0) is 63.8 Å². The van der Waals surface area contributed by atoms with E-state index in [4.69, 9.17) is 4.74 Å². The second-order valence-electron chi connectivity index (χ2n) is 10.6. The van der Waals surface area contributed by atoms with E-state index in [2.05, 4.69) is 12.2 Å². The number of carbonyl (C=O) groups is 3. The number of likely N-dealkylation sites (N-methyl/N-ethyl adjacent to an activating group) is 1. The topological polar surface area (TPSA) is 79.0 Å². The van der Waals surface area contributed by atoms with E-state index >= 15 is 0 Å². The average molecular weight is 498 g/mol. The number of hydrogen-bond acceptors (Lipinski definition) is 5. The summed E-state index contributed by atoms with van der Waals surface area (Å²) in [6, 6.07) is 1.76. The van der Waals surface area contributed by atoms with Crippen molar-refractivity contribution in [3.8, 4) is 0 Å². The quantitative estimate of drug-likeness (QED) is 0.646. The summed E-state index contributed by atoms with van der Waals surface area (Å²) in [7, 11) is 1.69. The van der Waals surface area contributed by atoms with E-state index in [1.165, 1.54) is 11.0 Å². The molecule has 1 saturated heterocycles. The Labute approximate surface area is 204 Å². The molecule has 194 valence electrons. The second kappa shape index (κ2) is 9.79. The molecule has 1 N–H and O–H groups in total. The first-order valence-corrected chi connectivity index (χ1v) is 11.8. The van der Waals surface area contributed by atoms with Crippen molar-refractivity contribution in [2.24, 2.45) is 11.8 Å². The number of halogens is 3. The van der Waals surface area contributed by atoms with Crippen LogP contribution in [0.1, 0.15) is 52.2 Å². The molecule has 2 aliphatic rings. The molecule has 0 aliphatic carbocycles. The predicted molar refractivity (Wildman–Crippen MR) is 125 cm³/mol. The van der Waals surface area contributed by atoms with Crippen molar-refractivity contribution >= 4 is 23.5 Å². The van der Waals surface area contributed by atoms with Crippen molar-refractivity contribution in [3.05, 3.63) is 29.3 Å². The second-order valence-corrected chi connectivity index (χ2v) is 10.6. The van der Waals surface area contributed by atoms with Gasteiger partial charge in [0.25, 0.3) is 5.91 Å². The van der Waals surface area contributed by atoms with Gasteiger partial charge in [-0.2, -0.15) is 13.2 Å². The van der Waals surface area contributed by atoms with E-state index in [0.29, 0.717) is 18.5 Å². The first-order chi connectivity index (χ1) is 16.1. The Morgan fingerprint density at radius 3 is 2.34 bits per heavy atom. The molecule has 1 aromatic rings. The number of ether oxygens (including phenoxy) is 1. The lowest BCUT2D eigenvalue weighted by molar-refractivity contribution is -0.154. The summed E-state index contributed by atoms with van der Waals surface area (Å²) in [4.78, 5) is 42.3. The highest BCUT2D eigenvalue weighted by Gasteiger charge is 2.44. The lowest BCUT2D eigenvalue weighted by Crippen LogP contribution is -2.58. The molecule has 0 saturated carbocycles. The van der Waals surface area contributed by atoms with Gasteiger partial charge in [-0.1, -0.05) is 19.9 Å². The fraction of sp³-hybridized carbons (Fsp3) is 0.640. The summed E-state index contributed by atoms with van der Waals surface area (Å²) in [5.74, 6) is -1.23. The Kier molecular flexibility index (Phi) is 7.55. The molecule has 0 aromatic heterocycles. The lowest BCUT2D eigenvalue weighted by atomic mass is 9.91. The van der Waals surface area contributed by atoms with Gasteiger partial charge < -0.3 is 15.0 Å². The number of nitrogens with one attached hydrogen (secondary N) is 1. The van der Waals surface area contributed by atoms with Gasteiger partial charge in [0.1, 0.15) is 18.2 Å². The van der Waals surface area contributed by atoms with Crippen LogP contribution in [0.25, 0.3) is 0 Å². The number of amides is 2. The van der Waals surface area contributed by atoms with Crippen LogP contribution in [0.5, 0.6) is 0 Å². The molecular formula is C25H34F3N3O4. The highest BCUT2D eigenvalue weighted by atomic mass is 19.4. The minimum absolute atomic E-state index is 0.0146. The average Bonchev–Trinajstić information content (AvgIpc) is 2.84. The Bertz CT molecular complexity index is 989. The van der Waals surface area contributed by atoms with E-state index in [9.17, 15) is 27.6 Å². The number of alkyl halides is 3. The van der Waals surface area contributed by atoms with Gasteiger partial charge in [-0.15, -0.1) is 0 Å². The molecule has 3 rings (SSSR count). The number of benzene rings is 1. The Balaban J connectivity index is 2.04. The van der Waals surface area contributed by atoms with Crippen LogP contribution < -0.4 is 10.2 Å². The number of anilines is 1. The molecule has 0 spiro atoms. The van der Waals surface area contributed by atoms with Crippen LogP contribution in [0.15, 0.2) is 18.2 Å². The maximum absolute atomic E-state index is 13.7. The SMILES string of the molecule is CN[C@H]1C[C@H](C)C(C)CN([C@H]2Cc3ccc(C(F)(F)F)cc3N(CC(=O)OC(C)(C)C)C2=O)C1=O. The molecule has 0 radical (unpaired) electrons. The number of likely N-dealkylation sites (tertiary alicyclic amines) is 1. The minimum atomic E-state index is -4.61. The standard InChI is InChI=1S/C25H34F3N3O4/c1-14-9-18(29-6)22(33)30(12-15(14)2)20-10-16-7-8-17(25(26,27)28)11-19(16)31(23(20)34)13-21(32)35-24(3,4)5/h7-8,11,14-15,18,20,29H,9-10,12-13H2,1-6H3/t14-,15?,18-,20-/m0/s1. The largest absolute Gasteiger partial charge is 0.459 e. The fourth-order valence-electron chi connectivity index (χ4n) is 4.68. The number of carbonyl (C=O) groups excluding carboxylic acids is 3. The van der Waals surface area contributed by atoms with Gasteiger partial charge >= 0.3 is 12.1 Å². The van der Waals surface area contributed by atoms with Crippen LogP contribution >= 0.6 is 0 Å². The zero-order valence-electron chi connectivity index (χ0n) is 21.0. The van der Waals surface area contributed by atoms with Crippen molar-refractivity contribution < 1.29 is 32.3 Å². The summed E-state index contributed by atoms with van der Waals surface area (Å²) in [6.07, 6.45) is -3.93. The third kappa shape index (κ3) is 5.97. The van der Waals surface area contributed by atoms with Gasteiger partial charge in [0.2, 0.25) is 5.91 Å². The van der Waals surface area contributed by atoms with Crippen LogP contribution in [0, 0.1) is 11.8 Å². The van der Waals surface area contributed by atoms with Gasteiger partial charge in [-0.25, -0.2) is 0 Å². The van der Waals surface area contributed by atoms with E-state index in [0.717, 1.165) is 17.0 Å². The molecule has 1 aromatic carbocycles. The van der Waals surface area contributed by atoms with Crippen molar-refractivity contribution in [1.82, 2.24) is 10.2 Å². The van der Waals surface area contributed by atoms with Gasteiger partial charge in [0.05, 0.1) is 11.6 Å². The number of fused-ring (bicyclic) bond motifs is 1. The molecule has 2 aliphatic heterocycles. The number of rotatable bonds is 4. The van der Waals surface area contributed by atoms with Crippen LogP contribution in [0.4, 0.5) is 18.9 Å². The first-order valence-electron chi connectivity index (χ1n) is 11.8. The smallest absolute Gasteiger partial charge is 0.416 e. The molecule has 10 heteroatoms. The van der Waals surface area contributed by atoms with Crippen LogP contribution in [0.2, 0.25) is 0 Å². The van der Waals surface area contributed by atoms with Gasteiger partial charge in [-0.3, -0.25) is 19.3 Å². The fourth-order valence-corrected chi connectivity index (χ4v) is 4.68. The third-order valence-electron chi connectivity index (χ3n) is 6.74. The normalized spacial score (nSPS) is 25.9. The molecule has 2 amide bonds. The van der Waals surface area contributed by atoms with Crippen molar-refractivity contribution in [2.45, 2.75) is 71.3 Å². The molecule has 1 fully saturated rings. The molecular weight excluding hydrogens is 463 g/mol. The summed E-state index contributed by atoms with van der Waals surface area (Å²) < 4.78 is 45.7. The zero-order valence-corrected chi connectivity index (χ0v) is 21.0. The van der Waals surface area contributed by atoms with E-state index in [1.54, 1.807) is 27.8 Å². The number of esters is 1.